The molecule has 5 heterocycles. The van der Waals surface area contributed by atoms with E-state index in [1.807, 2.05) is 59.0 Å². The van der Waals surface area contributed by atoms with Crippen molar-refractivity contribution in [1.82, 2.24) is 30.0 Å². The number of pyridine rings is 1. The Bertz CT molecular complexity index is 4090. The van der Waals surface area contributed by atoms with E-state index in [-0.39, 0.29) is 65.4 Å². The minimum Gasteiger partial charge on any atom is -0.479 e. The fourth-order valence-corrected chi connectivity index (χ4v) is 17.6. The first kappa shape index (κ1) is 70.3. The van der Waals surface area contributed by atoms with E-state index in [9.17, 15) is 67.3 Å². The Kier molecular flexibility index (Phi) is 20.1. The third-order valence-corrected chi connectivity index (χ3v) is 21.5. The molecule has 11 N–H and O–H groups in total. The molecule has 29 heteroatoms. The number of para-hydroxylation sites is 1. The number of nitrogens with one attached hydrogen (secondary N) is 3. The molecule has 0 unspecified atom stereocenters. The molecule has 27 nitrogen and oxygen atoms in total. The Labute approximate surface area is 564 Å². The van der Waals surface area contributed by atoms with Gasteiger partial charge in [0.05, 0.1) is 46.5 Å². The number of aryl methyl sites for hydroxylation is 1. The summed E-state index contributed by atoms with van der Waals surface area (Å²) in [6, 6.07) is 19.6. The van der Waals surface area contributed by atoms with Gasteiger partial charge in [-0.1, -0.05) is 69.4 Å². The van der Waals surface area contributed by atoms with E-state index in [1.165, 1.54) is 30.4 Å². The fourth-order valence-electron chi connectivity index (χ4n) is 16.2. The van der Waals surface area contributed by atoms with Gasteiger partial charge in [-0.25, -0.2) is 24.4 Å². The number of aliphatic hydroxyl groups excluding tert-OH is 3. The smallest absolute Gasteiger partial charge is 0.410 e. The summed E-state index contributed by atoms with van der Waals surface area (Å²) >= 11 is 1.39. The summed E-state index contributed by atoms with van der Waals surface area (Å²) < 4.78 is 55.6. The van der Waals surface area contributed by atoms with Gasteiger partial charge in [-0.2, -0.15) is 13.5 Å². The zero-order valence-electron chi connectivity index (χ0n) is 54.9. The van der Waals surface area contributed by atoms with Gasteiger partial charge in [-0.15, -0.1) is 0 Å². The number of amides is 4. The number of carboxylic acid groups (broad SMARTS) is 2. The van der Waals surface area contributed by atoms with Crippen LogP contribution in [0, 0.1) is 29.1 Å². The number of carbonyl (C=O) groups excluding carboxylic acids is 4. The van der Waals surface area contributed by atoms with Crippen molar-refractivity contribution in [3.05, 3.63) is 118 Å². The highest BCUT2D eigenvalue weighted by molar-refractivity contribution is 7.85. The second kappa shape index (κ2) is 27.7. The molecule has 6 aromatic rings. The monoisotopic (exact) mass is 1380 g/mol. The van der Waals surface area contributed by atoms with Crippen molar-refractivity contribution in [1.29, 1.82) is 0 Å². The van der Waals surface area contributed by atoms with Crippen molar-refractivity contribution in [2.24, 2.45) is 27.9 Å². The normalized spacial score (nSPS) is 25.7. The lowest BCUT2D eigenvalue weighted by atomic mass is 9.39. The predicted molar refractivity (Wildman–Crippen MR) is 357 cm³/mol. The molecule has 2 aliphatic heterocycles. The summed E-state index contributed by atoms with van der Waals surface area (Å²) in [7, 11) is -4.59. The number of anilines is 3. The highest BCUT2D eigenvalue weighted by Gasteiger charge is 2.66. The molecule has 520 valence electrons. The van der Waals surface area contributed by atoms with E-state index in [2.05, 4.69) is 34.8 Å². The summed E-state index contributed by atoms with van der Waals surface area (Å²) in [5, 5.41) is 65.9. The first-order chi connectivity index (χ1) is 45.8. The lowest BCUT2D eigenvalue weighted by Crippen LogP contribution is -2.64. The number of rotatable bonds is 25. The van der Waals surface area contributed by atoms with Gasteiger partial charge in [-0.3, -0.25) is 28.9 Å². The van der Waals surface area contributed by atoms with E-state index < -0.39 is 107 Å². The molecule has 5 fully saturated rings. The highest BCUT2D eigenvalue weighted by atomic mass is 32.2. The Hall–Kier alpha value is -8.00. The Morgan fingerprint density at radius 1 is 0.845 bits per heavy atom. The molecule has 11 atom stereocenters. The second-order valence-corrected chi connectivity index (χ2v) is 30.8. The number of benzene rings is 3. The van der Waals surface area contributed by atoms with Crippen molar-refractivity contribution in [3.8, 4) is 11.1 Å². The van der Waals surface area contributed by atoms with Crippen LogP contribution in [0.4, 0.5) is 21.4 Å². The summed E-state index contributed by atoms with van der Waals surface area (Å²) in [5.74, 6) is -4.78. The lowest BCUT2D eigenvalue weighted by molar-refractivity contribution is -0.248. The largest absolute Gasteiger partial charge is 0.479 e. The van der Waals surface area contributed by atoms with Crippen LogP contribution in [0.25, 0.3) is 21.3 Å². The van der Waals surface area contributed by atoms with Crippen LogP contribution in [-0.4, -0.2) is 179 Å². The Balaban J connectivity index is 0.771. The first-order valence-corrected chi connectivity index (χ1v) is 35.0. The van der Waals surface area contributed by atoms with Gasteiger partial charge in [0.1, 0.15) is 36.8 Å². The molecule has 6 aliphatic rings. The molecule has 3 aromatic heterocycles. The standard InChI is InChI=1S/C68H84N10O17S2/c1-37(2)52(69)60(84)71-38(3)58(82)72-43-16-14-42(41(26-43)15-18-49-54(79)55(80)56(81)57(95-49)62(87)88)29-93-64(89)76(23-25-97(90,91)92)22-24-94-68-33-65(5)30-66(6,34-68)32-67(31-65,35-68)36-78-39(4)46(27-70-78)44-17-19-51(74-53(44)61(85)86)77-21-20-40-10-9-11-45(47(40)28-77)59(83)75-63-73-48-12-7-8-13-50(48)96-63/h7-14,16-17,19,26-27,37-38,49,52,54-57,79-81H,15,18,20-25,28-36,69H2,1-6H3,(H,71,84)(H,72,82)(H,85,86)(H,87,88)(H,73,75,83)(H,90,91,92)/t38-,49+,52-,54+,55-,56+,57+,65-,66+,67+,68-/m1/s1. The molecule has 0 spiro atoms. The van der Waals surface area contributed by atoms with Crippen LogP contribution in [-0.2, 0) is 71.3 Å². The van der Waals surface area contributed by atoms with Gasteiger partial charge >= 0.3 is 18.0 Å². The molecule has 4 saturated carbocycles. The van der Waals surface area contributed by atoms with Gasteiger partial charge in [0.2, 0.25) is 11.8 Å². The second-order valence-electron chi connectivity index (χ2n) is 28.2. The van der Waals surface area contributed by atoms with Crippen LogP contribution in [0.1, 0.15) is 128 Å². The molecule has 4 bridgehead atoms. The summed E-state index contributed by atoms with van der Waals surface area (Å²) in [4.78, 5) is 91.7. The van der Waals surface area contributed by atoms with Crippen LogP contribution < -0.4 is 26.6 Å². The van der Waals surface area contributed by atoms with E-state index in [1.54, 1.807) is 38.2 Å². The predicted octanol–water partition coefficient (Wildman–Crippen LogP) is 6.33. The number of hydrogen-bond donors (Lipinski definition) is 10. The number of nitrogens with two attached hydrogens (primary N) is 1. The number of carbonyl (C=O) groups is 6. The van der Waals surface area contributed by atoms with Crippen molar-refractivity contribution in [2.75, 3.05) is 47.5 Å². The van der Waals surface area contributed by atoms with Gasteiger partial charge < -0.3 is 65.9 Å². The topological polar surface area (TPSA) is 398 Å². The zero-order chi connectivity index (χ0) is 69.7. The molecule has 12 rings (SSSR count). The minimum absolute atomic E-state index is 0.0291. The number of aromatic nitrogens is 4. The highest BCUT2D eigenvalue weighted by Crippen LogP contribution is 2.72. The van der Waals surface area contributed by atoms with Crippen molar-refractivity contribution in [2.45, 2.75) is 167 Å². The molecule has 97 heavy (non-hydrogen) atoms. The fraction of sp³-hybridized carbons (Fsp3) is 0.515. The summed E-state index contributed by atoms with van der Waals surface area (Å²) in [5.41, 5.74) is 10.4. The third kappa shape index (κ3) is 15.5. The molecule has 4 aliphatic carbocycles. The average molecular weight is 1380 g/mol. The van der Waals surface area contributed by atoms with Crippen LogP contribution in [0.5, 0.6) is 0 Å². The van der Waals surface area contributed by atoms with Crippen molar-refractivity contribution >= 4 is 84.1 Å². The third-order valence-electron chi connectivity index (χ3n) is 19.9. The summed E-state index contributed by atoms with van der Waals surface area (Å²) in [6.45, 7) is 11.7. The SMILES string of the molecule is Cc1c(-c2ccc(N3CCc4cccc(C(=O)Nc5nc6ccccc6s5)c4C3)nc2C(=O)O)cnn1C[C@]12C[C@]3(C)C[C@](C)(C1)C[C@@](OCCN(CCS(=O)(=O)O)C(=O)OCc1ccc(NC(=O)[C@@H](C)NC(=O)[C@H](N)C(C)C)cc1CC[C@@H]1O[C@H](C(=O)O)[C@@H](O)[C@H](O)[C@H]1O)(C3)C2. The average Bonchev–Trinajstić information content (AvgIpc) is 0.762. The van der Waals surface area contributed by atoms with E-state index in [4.69, 9.17) is 30.0 Å². The molecule has 0 radical (unpaired) electrons. The van der Waals surface area contributed by atoms with E-state index in [0.717, 1.165) is 64.0 Å². The van der Waals surface area contributed by atoms with Gasteiger partial charge in [0.15, 0.2) is 16.9 Å². The van der Waals surface area contributed by atoms with Crippen molar-refractivity contribution in [3.63, 3.8) is 0 Å². The van der Waals surface area contributed by atoms with Crippen LogP contribution in [0.2, 0.25) is 0 Å². The van der Waals surface area contributed by atoms with Crippen LogP contribution >= 0.6 is 11.3 Å². The molecular formula is C68H84N10O17S2. The first-order valence-electron chi connectivity index (χ1n) is 32.5. The zero-order valence-corrected chi connectivity index (χ0v) is 56.5. The van der Waals surface area contributed by atoms with Crippen LogP contribution in [0.15, 0.2) is 79.0 Å². The van der Waals surface area contributed by atoms with Gasteiger partial charge in [0.25, 0.3) is 16.0 Å². The Morgan fingerprint density at radius 3 is 2.29 bits per heavy atom. The van der Waals surface area contributed by atoms with E-state index >= 15 is 0 Å². The minimum atomic E-state index is -4.59. The number of thiazole rings is 1. The lowest BCUT2D eigenvalue weighted by Gasteiger charge is -2.69. The maximum atomic E-state index is 14.2. The Morgan fingerprint density at radius 2 is 1.59 bits per heavy atom. The molecule has 4 amide bonds. The number of nitrogens with zero attached hydrogens (tertiary/aromatic N) is 6. The number of fused-ring (bicyclic) bond motifs is 2. The van der Waals surface area contributed by atoms with E-state index in [0.29, 0.717) is 71.2 Å². The summed E-state index contributed by atoms with van der Waals surface area (Å²) in [6.07, 6.45) is -2.72. The molecule has 3 aromatic carbocycles. The van der Waals surface area contributed by atoms with Gasteiger partial charge in [0, 0.05) is 60.8 Å². The van der Waals surface area contributed by atoms with Crippen molar-refractivity contribution < 1.29 is 81.5 Å². The number of aromatic carboxylic acids is 1. The quantitative estimate of drug-likeness (QED) is 0.0280. The number of aliphatic hydroxyl groups is 3. The number of carboxylic acids is 2. The van der Waals surface area contributed by atoms with Gasteiger partial charge in [-0.05, 0) is 159 Å². The number of ether oxygens (including phenoxy) is 3. The van der Waals surface area contributed by atoms with Crippen LogP contribution in [0.3, 0.4) is 0 Å². The molecule has 1 saturated heterocycles. The molecular weight excluding hydrogens is 1290 g/mol. The number of aliphatic carboxylic acids is 1. The number of hydrogen-bond acceptors (Lipinski definition) is 20. The maximum absolute atomic E-state index is 14.2. The maximum Gasteiger partial charge on any atom is 0.410 e.